The minimum absolute atomic E-state index is 0.171. The van der Waals surface area contributed by atoms with E-state index in [2.05, 4.69) is 17.1 Å². The Morgan fingerprint density at radius 2 is 2.46 bits per heavy atom. The summed E-state index contributed by atoms with van der Waals surface area (Å²) in [6.45, 7) is 2.09. The molecule has 0 N–H and O–H groups in total. The second-order valence-corrected chi connectivity index (χ2v) is 4.25. The summed E-state index contributed by atoms with van der Waals surface area (Å²) >= 11 is 1.39. The summed E-state index contributed by atoms with van der Waals surface area (Å²) in [5.74, 6) is 0.932. The average Bonchev–Trinajstić information content (AvgIpc) is 2.69. The van der Waals surface area contributed by atoms with E-state index in [9.17, 15) is 4.79 Å². The molecule has 1 heterocycles. The summed E-state index contributed by atoms with van der Waals surface area (Å²) in [5.41, 5.74) is 1.63. The SMILES string of the molecule is CC1CC1C(=O)N(C)c1nncs1. The summed E-state index contributed by atoms with van der Waals surface area (Å²) in [6.07, 6.45) is 1.02. The quantitative estimate of drug-likeness (QED) is 0.714. The largest absolute Gasteiger partial charge is 0.290 e. The predicted molar refractivity (Wildman–Crippen MR) is 50.6 cm³/mol. The number of hydrogen-bond donors (Lipinski definition) is 0. The number of amides is 1. The Balaban J connectivity index is 2.05. The van der Waals surface area contributed by atoms with Crippen molar-refractivity contribution in [2.24, 2.45) is 11.8 Å². The fourth-order valence-electron chi connectivity index (χ4n) is 1.32. The van der Waals surface area contributed by atoms with Crippen molar-refractivity contribution in [1.82, 2.24) is 10.2 Å². The Kier molecular flexibility index (Phi) is 2.03. The number of carbonyl (C=O) groups excluding carboxylic acids is 1. The highest BCUT2D eigenvalue weighted by atomic mass is 32.1. The van der Waals surface area contributed by atoms with Crippen molar-refractivity contribution in [2.75, 3.05) is 11.9 Å². The fraction of sp³-hybridized carbons (Fsp3) is 0.625. The lowest BCUT2D eigenvalue weighted by Crippen LogP contribution is -2.28. The molecular formula is C8H11N3OS. The standard InChI is InChI=1S/C8H11N3OS/c1-5-3-6(5)7(12)11(2)8-10-9-4-13-8/h4-6H,3H2,1-2H3. The summed E-state index contributed by atoms with van der Waals surface area (Å²) in [5, 5.41) is 8.23. The number of carbonyl (C=O) groups is 1. The molecule has 0 aliphatic heterocycles. The van der Waals surface area contributed by atoms with E-state index in [1.54, 1.807) is 17.5 Å². The monoisotopic (exact) mass is 197 g/mol. The third-order valence-electron chi connectivity index (χ3n) is 2.39. The molecule has 70 valence electrons. The normalized spacial score (nSPS) is 25.7. The summed E-state index contributed by atoms with van der Waals surface area (Å²) in [7, 11) is 1.76. The molecule has 0 aromatic carbocycles. The molecule has 1 aromatic heterocycles. The van der Waals surface area contributed by atoms with Crippen molar-refractivity contribution >= 4 is 22.4 Å². The van der Waals surface area contributed by atoms with E-state index in [0.717, 1.165) is 6.42 Å². The minimum atomic E-state index is 0.171. The fourth-order valence-corrected chi connectivity index (χ4v) is 1.85. The maximum atomic E-state index is 11.7. The Labute approximate surface area is 80.6 Å². The summed E-state index contributed by atoms with van der Waals surface area (Å²) < 4.78 is 0. The van der Waals surface area contributed by atoms with Crippen molar-refractivity contribution in [3.05, 3.63) is 5.51 Å². The van der Waals surface area contributed by atoms with Crippen LogP contribution in [0.15, 0.2) is 5.51 Å². The predicted octanol–water partition coefficient (Wildman–Crippen LogP) is 1.16. The van der Waals surface area contributed by atoms with Crippen LogP contribution in [-0.2, 0) is 4.79 Å². The van der Waals surface area contributed by atoms with E-state index in [1.807, 2.05) is 0 Å². The first kappa shape index (κ1) is 8.62. The molecule has 1 aliphatic rings. The Morgan fingerprint density at radius 3 is 2.92 bits per heavy atom. The van der Waals surface area contributed by atoms with Gasteiger partial charge in [0.2, 0.25) is 11.0 Å². The van der Waals surface area contributed by atoms with Gasteiger partial charge in [-0.3, -0.25) is 9.69 Å². The lowest BCUT2D eigenvalue weighted by molar-refractivity contribution is -0.119. The third-order valence-corrected chi connectivity index (χ3v) is 3.16. The molecule has 1 saturated carbocycles. The molecule has 4 nitrogen and oxygen atoms in total. The highest BCUT2D eigenvalue weighted by molar-refractivity contribution is 7.13. The summed E-state index contributed by atoms with van der Waals surface area (Å²) in [6, 6.07) is 0. The molecule has 1 fully saturated rings. The molecule has 1 aliphatic carbocycles. The molecule has 1 aromatic rings. The first-order valence-electron chi connectivity index (χ1n) is 4.24. The molecule has 0 radical (unpaired) electrons. The van der Waals surface area contributed by atoms with Crippen LogP contribution in [0, 0.1) is 11.8 Å². The van der Waals surface area contributed by atoms with E-state index < -0.39 is 0 Å². The van der Waals surface area contributed by atoms with Gasteiger partial charge in [-0.15, -0.1) is 10.2 Å². The molecule has 2 unspecified atom stereocenters. The van der Waals surface area contributed by atoms with E-state index in [0.29, 0.717) is 11.0 Å². The maximum Gasteiger partial charge on any atom is 0.231 e. The molecule has 2 rings (SSSR count). The van der Waals surface area contributed by atoms with Crippen LogP contribution in [-0.4, -0.2) is 23.2 Å². The Morgan fingerprint density at radius 1 is 1.77 bits per heavy atom. The van der Waals surface area contributed by atoms with Crippen LogP contribution in [0.25, 0.3) is 0 Å². The van der Waals surface area contributed by atoms with Crippen molar-refractivity contribution in [3.8, 4) is 0 Å². The van der Waals surface area contributed by atoms with Crippen molar-refractivity contribution in [1.29, 1.82) is 0 Å². The zero-order valence-electron chi connectivity index (χ0n) is 7.60. The number of anilines is 1. The van der Waals surface area contributed by atoms with Gasteiger partial charge < -0.3 is 0 Å². The summed E-state index contributed by atoms with van der Waals surface area (Å²) in [4.78, 5) is 13.3. The lowest BCUT2D eigenvalue weighted by atomic mass is 10.3. The van der Waals surface area contributed by atoms with Gasteiger partial charge in [0.15, 0.2) is 0 Å². The molecular weight excluding hydrogens is 186 g/mol. The van der Waals surface area contributed by atoms with Gasteiger partial charge in [-0.25, -0.2) is 0 Å². The zero-order chi connectivity index (χ0) is 9.42. The molecule has 1 amide bonds. The van der Waals surface area contributed by atoms with E-state index in [1.165, 1.54) is 11.3 Å². The van der Waals surface area contributed by atoms with Crippen LogP contribution < -0.4 is 4.90 Å². The minimum Gasteiger partial charge on any atom is -0.290 e. The lowest BCUT2D eigenvalue weighted by Gasteiger charge is -2.11. The van der Waals surface area contributed by atoms with Crippen LogP contribution in [0.3, 0.4) is 0 Å². The molecule has 0 spiro atoms. The van der Waals surface area contributed by atoms with E-state index >= 15 is 0 Å². The van der Waals surface area contributed by atoms with Gasteiger partial charge in [-0.05, 0) is 12.3 Å². The molecule has 5 heteroatoms. The van der Waals surface area contributed by atoms with Crippen molar-refractivity contribution in [2.45, 2.75) is 13.3 Å². The second kappa shape index (κ2) is 3.06. The molecule has 0 saturated heterocycles. The van der Waals surface area contributed by atoms with Gasteiger partial charge in [0.25, 0.3) is 0 Å². The smallest absolute Gasteiger partial charge is 0.231 e. The first-order chi connectivity index (χ1) is 6.20. The highest BCUT2D eigenvalue weighted by Crippen LogP contribution is 2.39. The maximum absolute atomic E-state index is 11.7. The van der Waals surface area contributed by atoms with Gasteiger partial charge in [-0.2, -0.15) is 0 Å². The van der Waals surface area contributed by atoms with E-state index in [-0.39, 0.29) is 11.8 Å². The second-order valence-electron chi connectivity index (χ2n) is 3.44. The van der Waals surface area contributed by atoms with Gasteiger partial charge in [0.05, 0.1) is 0 Å². The van der Waals surface area contributed by atoms with Crippen LogP contribution in [0.1, 0.15) is 13.3 Å². The number of nitrogens with zero attached hydrogens (tertiary/aromatic N) is 3. The van der Waals surface area contributed by atoms with Crippen LogP contribution >= 0.6 is 11.3 Å². The van der Waals surface area contributed by atoms with Crippen LogP contribution in [0.5, 0.6) is 0 Å². The number of rotatable bonds is 2. The Hall–Kier alpha value is -0.970. The van der Waals surface area contributed by atoms with E-state index in [4.69, 9.17) is 0 Å². The van der Waals surface area contributed by atoms with Gasteiger partial charge in [0, 0.05) is 13.0 Å². The first-order valence-corrected chi connectivity index (χ1v) is 5.12. The highest BCUT2D eigenvalue weighted by Gasteiger charge is 2.41. The van der Waals surface area contributed by atoms with Crippen molar-refractivity contribution in [3.63, 3.8) is 0 Å². The van der Waals surface area contributed by atoms with Gasteiger partial charge >= 0.3 is 0 Å². The van der Waals surface area contributed by atoms with Gasteiger partial charge in [-0.1, -0.05) is 18.3 Å². The van der Waals surface area contributed by atoms with Crippen molar-refractivity contribution < 1.29 is 4.79 Å². The molecule has 0 bridgehead atoms. The van der Waals surface area contributed by atoms with Gasteiger partial charge in [0.1, 0.15) is 5.51 Å². The number of aromatic nitrogens is 2. The van der Waals surface area contributed by atoms with Crippen LogP contribution in [0.4, 0.5) is 5.13 Å². The molecule has 2 atom stereocenters. The number of hydrogen-bond acceptors (Lipinski definition) is 4. The van der Waals surface area contributed by atoms with Crippen LogP contribution in [0.2, 0.25) is 0 Å². The Bertz CT molecular complexity index is 311. The third kappa shape index (κ3) is 1.56. The topological polar surface area (TPSA) is 46.1 Å². The zero-order valence-corrected chi connectivity index (χ0v) is 8.41. The molecule has 13 heavy (non-hydrogen) atoms. The average molecular weight is 197 g/mol.